The lowest BCUT2D eigenvalue weighted by Gasteiger charge is -2.28. The number of carbonyl (C=O) groups is 1. The highest BCUT2D eigenvalue weighted by molar-refractivity contribution is 5.83. The molecule has 3 rings (SSSR count). The van der Waals surface area contributed by atoms with Crippen LogP contribution in [0.1, 0.15) is 29.3 Å². The van der Waals surface area contributed by atoms with E-state index in [2.05, 4.69) is 16.7 Å². The molecule has 0 radical (unpaired) electrons. The highest BCUT2D eigenvalue weighted by atomic mass is 16.4. The molecule has 5 nitrogen and oxygen atoms in total. The number of hydrogen-bond acceptors (Lipinski definition) is 3. The van der Waals surface area contributed by atoms with Gasteiger partial charge in [-0.1, -0.05) is 30.4 Å². The number of para-hydroxylation sites is 1. The maximum atomic E-state index is 11.1. The van der Waals surface area contributed by atoms with E-state index < -0.39 is 5.97 Å². The Morgan fingerprint density at radius 1 is 1.40 bits per heavy atom. The lowest BCUT2D eigenvalue weighted by atomic mass is 9.78. The number of allylic oxidation sites excluding steroid dienone is 1. The van der Waals surface area contributed by atoms with E-state index >= 15 is 0 Å². The Morgan fingerprint density at radius 3 is 2.70 bits per heavy atom. The molecule has 2 aromatic rings. The summed E-state index contributed by atoms with van der Waals surface area (Å²) in [5, 5.41) is 13.2. The van der Waals surface area contributed by atoms with Gasteiger partial charge in [0, 0.05) is 6.42 Å². The van der Waals surface area contributed by atoms with E-state index in [4.69, 9.17) is 5.11 Å². The van der Waals surface area contributed by atoms with Crippen LogP contribution >= 0.6 is 0 Å². The van der Waals surface area contributed by atoms with Crippen LogP contribution in [0.4, 0.5) is 0 Å². The second kappa shape index (κ2) is 4.92. The van der Waals surface area contributed by atoms with Gasteiger partial charge in [0.05, 0.1) is 5.69 Å². The van der Waals surface area contributed by atoms with Crippen molar-refractivity contribution in [1.82, 2.24) is 14.8 Å². The summed E-state index contributed by atoms with van der Waals surface area (Å²) < 4.78 is 1.62. The Balaban J connectivity index is 1.98. The number of carboxylic acids is 1. The van der Waals surface area contributed by atoms with Crippen molar-refractivity contribution in [3.63, 3.8) is 0 Å². The van der Waals surface area contributed by atoms with E-state index in [1.54, 1.807) is 4.68 Å². The lowest BCUT2D eigenvalue weighted by Crippen LogP contribution is -2.19. The first-order valence-corrected chi connectivity index (χ1v) is 6.57. The smallest absolute Gasteiger partial charge is 0.375 e. The van der Waals surface area contributed by atoms with Gasteiger partial charge in [0.25, 0.3) is 5.82 Å². The molecule has 5 heteroatoms. The molecule has 1 atom stereocenters. The molecular weight excluding hydrogens is 254 g/mol. The van der Waals surface area contributed by atoms with Gasteiger partial charge in [-0.05, 0) is 30.9 Å². The van der Waals surface area contributed by atoms with Gasteiger partial charge in [0.2, 0.25) is 0 Å². The fraction of sp³-hybridized carbons (Fsp3) is 0.267. The van der Waals surface area contributed by atoms with Gasteiger partial charge in [-0.15, -0.1) is 5.10 Å². The summed E-state index contributed by atoms with van der Waals surface area (Å²) >= 11 is 0. The average Bonchev–Trinajstić information content (AvgIpc) is 2.88. The molecule has 1 aromatic carbocycles. The summed E-state index contributed by atoms with van der Waals surface area (Å²) in [7, 11) is 0. The number of rotatable bonds is 4. The summed E-state index contributed by atoms with van der Waals surface area (Å²) in [6.07, 6.45) is 2.83. The first kappa shape index (κ1) is 12.6. The molecule has 20 heavy (non-hydrogen) atoms. The van der Waals surface area contributed by atoms with Gasteiger partial charge in [-0.25, -0.2) is 14.5 Å². The van der Waals surface area contributed by atoms with Crippen molar-refractivity contribution in [2.24, 2.45) is 5.92 Å². The molecule has 102 valence electrons. The summed E-state index contributed by atoms with van der Waals surface area (Å²) in [5.74, 6) is -0.190. The van der Waals surface area contributed by atoms with Crippen molar-refractivity contribution < 1.29 is 9.90 Å². The van der Waals surface area contributed by atoms with Crippen molar-refractivity contribution in [2.75, 3.05) is 0 Å². The van der Waals surface area contributed by atoms with Crippen LogP contribution in [-0.2, 0) is 6.42 Å². The standard InChI is InChI=1S/C15H15N3O2/c1-10-7-8-11(10)9-13-16-14(15(19)20)17-18(13)12-5-3-2-4-6-12/h2-6,11H,1,7-9H2,(H,19,20). The normalized spacial score (nSPS) is 17.8. The maximum Gasteiger partial charge on any atom is 0.375 e. The molecule has 0 amide bonds. The molecule has 0 aliphatic heterocycles. The summed E-state index contributed by atoms with van der Waals surface area (Å²) in [6, 6.07) is 9.47. The molecule has 0 bridgehead atoms. The third-order valence-electron chi connectivity index (χ3n) is 3.69. The number of hydrogen-bond donors (Lipinski definition) is 1. The molecule has 0 saturated heterocycles. The third-order valence-corrected chi connectivity index (χ3v) is 3.69. The van der Waals surface area contributed by atoms with Crippen molar-refractivity contribution >= 4 is 5.97 Å². The van der Waals surface area contributed by atoms with Crippen molar-refractivity contribution in [3.05, 3.63) is 54.1 Å². The highest BCUT2D eigenvalue weighted by Crippen LogP contribution is 2.34. The number of nitrogens with zero attached hydrogens (tertiary/aromatic N) is 3. The van der Waals surface area contributed by atoms with Crippen LogP contribution in [0.5, 0.6) is 0 Å². The van der Waals surface area contributed by atoms with Gasteiger partial charge >= 0.3 is 5.97 Å². The fourth-order valence-corrected chi connectivity index (χ4v) is 2.36. The van der Waals surface area contributed by atoms with E-state index in [0.29, 0.717) is 18.2 Å². The van der Waals surface area contributed by atoms with Crippen LogP contribution in [0.2, 0.25) is 0 Å². The predicted molar refractivity (Wildman–Crippen MR) is 73.9 cm³/mol. The average molecular weight is 269 g/mol. The minimum absolute atomic E-state index is 0.159. The third kappa shape index (κ3) is 2.22. The zero-order valence-electron chi connectivity index (χ0n) is 11.0. The van der Waals surface area contributed by atoms with Gasteiger partial charge in [0.15, 0.2) is 0 Å². The van der Waals surface area contributed by atoms with Crippen LogP contribution in [0.15, 0.2) is 42.5 Å². The van der Waals surface area contributed by atoms with Crippen LogP contribution < -0.4 is 0 Å². The quantitative estimate of drug-likeness (QED) is 0.866. The molecule has 0 spiro atoms. The van der Waals surface area contributed by atoms with E-state index in [1.165, 1.54) is 5.57 Å². The number of aromatic nitrogens is 3. The van der Waals surface area contributed by atoms with E-state index in [-0.39, 0.29) is 5.82 Å². The highest BCUT2D eigenvalue weighted by Gasteiger charge is 2.26. The topological polar surface area (TPSA) is 68.0 Å². The Morgan fingerprint density at radius 2 is 2.15 bits per heavy atom. The molecule has 1 aromatic heterocycles. The van der Waals surface area contributed by atoms with Crippen LogP contribution in [0.25, 0.3) is 5.69 Å². The molecule has 1 heterocycles. The number of aromatic carboxylic acids is 1. The summed E-state index contributed by atoms with van der Waals surface area (Å²) in [6.45, 7) is 4.01. The van der Waals surface area contributed by atoms with Gasteiger partial charge < -0.3 is 5.11 Å². The summed E-state index contributed by atoms with van der Waals surface area (Å²) in [4.78, 5) is 15.2. The first-order valence-electron chi connectivity index (χ1n) is 6.57. The van der Waals surface area contributed by atoms with Crippen molar-refractivity contribution in [2.45, 2.75) is 19.3 Å². The maximum absolute atomic E-state index is 11.1. The first-order chi connectivity index (χ1) is 9.65. The van der Waals surface area contributed by atoms with Gasteiger partial charge in [-0.3, -0.25) is 0 Å². The zero-order valence-corrected chi connectivity index (χ0v) is 11.0. The Hall–Kier alpha value is -2.43. The predicted octanol–water partition coefficient (Wildman–Crippen LogP) is 2.47. The SMILES string of the molecule is C=C1CCC1Cc1nc(C(=O)O)nn1-c1ccccc1. The fourth-order valence-electron chi connectivity index (χ4n) is 2.36. The minimum Gasteiger partial charge on any atom is -0.475 e. The van der Waals surface area contributed by atoms with E-state index in [0.717, 1.165) is 18.5 Å². The Labute approximate surface area is 116 Å². The lowest BCUT2D eigenvalue weighted by molar-refractivity contribution is 0.0683. The van der Waals surface area contributed by atoms with Crippen LogP contribution in [0.3, 0.4) is 0 Å². The monoisotopic (exact) mass is 269 g/mol. The van der Waals surface area contributed by atoms with E-state index in [9.17, 15) is 4.79 Å². The molecule has 1 saturated carbocycles. The minimum atomic E-state index is -1.10. The molecule has 1 aliphatic carbocycles. The summed E-state index contributed by atoms with van der Waals surface area (Å²) in [5.41, 5.74) is 2.04. The van der Waals surface area contributed by atoms with Crippen LogP contribution in [-0.4, -0.2) is 25.8 Å². The second-order valence-electron chi connectivity index (χ2n) is 5.00. The second-order valence-corrected chi connectivity index (χ2v) is 5.00. The molecule has 1 N–H and O–H groups in total. The Bertz CT molecular complexity index is 661. The molecule has 1 unspecified atom stereocenters. The van der Waals surface area contributed by atoms with Crippen molar-refractivity contribution in [1.29, 1.82) is 0 Å². The van der Waals surface area contributed by atoms with E-state index in [1.807, 2.05) is 30.3 Å². The van der Waals surface area contributed by atoms with Crippen LogP contribution in [0, 0.1) is 5.92 Å². The van der Waals surface area contributed by atoms with Gasteiger partial charge in [0.1, 0.15) is 5.82 Å². The largest absolute Gasteiger partial charge is 0.475 e. The van der Waals surface area contributed by atoms with Crippen molar-refractivity contribution in [3.8, 4) is 5.69 Å². The molecule has 1 aliphatic rings. The zero-order chi connectivity index (χ0) is 14.1. The Kier molecular flexibility index (Phi) is 3.10. The molecule has 1 fully saturated rings. The van der Waals surface area contributed by atoms with Gasteiger partial charge in [-0.2, -0.15) is 0 Å². The number of benzene rings is 1. The number of carboxylic acid groups (broad SMARTS) is 1. The molecular formula is C15H15N3O2.